The highest BCUT2D eigenvalue weighted by Crippen LogP contribution is 2.02. The third-order valence-corrected chi connectivity index (χ3v) is 2.86. The van der Waals surface area contributed by atoms with E-state index in [1.165, 1.54) is 0 Å². The molecule has 0 spiro atoms. The number of carbonyl (C=O) groups is 2. The van der Waals surface area contributed by atoms with Gasteiger partial charge in [0.1, 0.15) is 13.2 Å². The second-order valence-electron chi connectivity index (χ2n) is 4.45. The maximum Gasteiger partial charge on any atom is 0.407 e. The molecule has 1 unspecified atom stereocenters. The molecular weight excluding hydrogens is 258 g/mol. The first-order valence-electron chi connectivity index (χ1n) is 6.74. The van der Waals surface area contributed by atoms with Gasteiger partial charge in [0, 0.05) is 6.54 Å². The highest BCUT2D eigenvalue weighted by Gasteiger charge is 2.11. The smallest absolute Gasteiger partial charge is 0.407 e. The van der Waals surface area contributed by atoms with Gasteiger partial charge in [-0.3, -0.25) is 4.79 Å². The molecule has 0 heterocycles. The summed E-state index contributed by atoms with van der Waals surface area (Å²) in [4.78, 5) is 22.7. The molecule has 0 aliphatic carbocycles. The molecule has 1 atom stereocenters. The summed E-state index contributed by atoms with van der Waals surface area (Å²) < 4.78 is 9.86. The molecule has 5 heteroatoms. The fraction of sp³-hybridized carbons (Fsp3) is 0.467. The van der Waals surface area contributed by atoms with Crippen LogP contribution in [0, 0.1) is 5.92 Å². The molecule has 1 rings (SSSR count). The summed E-state index contributed by atoms with van der Waals surface area (Å²) in [5.41, 5.74) is 0.993. The van der Waals surface area contributed by atoms with Crippen molar-refractivity contribution >= 4 is 12.1 Å². The van der Waals surface area contributed by atoms with E-state index in [0.29, 0.717) is 6.54 Å². The summed E-state index contributed by atoms with van der Waals surface area (Å²) in [6.07, 6.45) is 0.213. The van der Waals surface area contributed by atoms with E-state index in [1.54, 1.807) is 6.92 Å². The van der Waals surface area contributed by atoms with Crippen LogP contribution in [-0.4, -0.2) is 25.3 Å². The molecule has 1 aromatic carbocycles. The van der Waals surface area contributed by atoms with E-state index in [1.807, 2.05) is 37.3 Å². The molecule has 1 amide bonds. The molecule has 0 fully saturated rings. The second-order valence-corrected chi connectivity index (χ2v) is 4.45. The Hall–Kier alpha value is -2.04. The molecule has 1 N–H and O–H groups in total. The van der Waals surface area contributed by atoms with Gasteiger partial charge in [-0.2, -0.15) is 0 Å². The summed E-state index contributed by atoms with van der Waals surface area (Å²) in [5.74, 6) is -0.386. The van der Waals surface area contributed by atoms with Crippen LogP contribution < -0.4 is 5.32 Å². The van der Waals surface area contributed by atoms with Crippen LogP contribution in [0.1, 0.15) is 25.8 Å². The van der Waals surface area contributed by atoms with Gasteiger partial charge < -0.3 is 14.8 Å². The van der Waals surface area contributed by atoms with Crippen molar-refractivity contribution in [3.63, 3.8) is 0 Å². The van der Waals surface area contributed by atoms with E-state index in [2.05, 4.69) is 5.32 Å². The first-order chi connectivity index (χ1) is 9.63. The normalized spacial score (nSPS) is 11.5. The van der Waals surface area contributed by atoms with Crippen molar-refractivity contribution in [1.82, 2.24) is 5.32 Å². The average molecular weight is 279 g/mol. The molecular formula is C15H21NO4. The number of rotatable bonds is 7. The number of hydrogen-bond donors (Lipinski definition) is 1. The SMILES string of the molecule is CCC(C)C(=O)OCCOC(=O)NCc1ccccc1. The topological polar surface area (TPSA) is 64.6 Å². The van der Waals surface area contributed by atoms with Crippen molar-refractivity contribution in [2.75, 3.05) is 13.2 Å². The number of nitrogens with one attached hydrogen (secondary N) is 1. The Morgan fingerprint density at radius 3 is 2.45 bits per heavy atom. The minimum Gasteiger partial charge on any atom is -0.462 e. The van der Waals surface area contributed by atoms with Gasteiger partial charge in [0.2, 0.25) is 0 Å². The Bertz CT molecular complexity index is 419. The van der Waals surface area contributed by atoms with Gasteiger partial charge >= 0.3 is 12.1 Å². The van der Waals surface area contributed by atoms with Crippen LogP contribution in [0.4, 0.5) is 4.79 Å². The summed E-state index contributed by atoms with van der Waals surface area (Å²) in [6.45, 7) is 4.27. The zero-order valence-corrected chi connectivity index (χ0v) is 11.9. The first-order valence-corrected chi connectivity index (χ1v) is 6.74. The Kier molecular flexibility index (Phi) is 7.17. The average Bonchev–Trinajstić information content (AvgIpc) is 2.49. The standard InChI is InChI=1S/C15H21NO4/c1-3-12(2)14(17)19-9-10-20-15(18)16-11-13-7-5-4-6-8-13/h4-8,12H,3,9-11H2,1-2H3,(H,16,18). The second kappa shape index (κ2) is 8.96. The van der Waals surface area contributed by atoms with Crippen molar-refractivity contribution in [3.05, 3.63) is 35.9 Å². The van der Waals surface area contributed by atoms with Crippen LogP contribution in [0.25, 0.3) is 0 Å². The fourth-order valence-corrected chi connectivity index (χ4v) is 1.41. The molecule has 5 nitrogen and oxygen atoms in total. The molecule has 110 valence electrons. The first kappa shape index (κ1) is 16.0. The highest BCUT2D eigenvalue weighted by atomic mass is 16.6. The number of benzene rings is 1. The van der Waals surface area contributed by atoms with Crippen molar-refractivity contribution in [2.45, 2.75) is 26.8 Å². The Morgan fingerprint density at radius 1 is 1.15 bits per heavy atom. The van der Waals surface area contributed by atoms with Crippen LogP contribution in [0.3, 0.4) is 0 Å². The van der Waals surface area contributed by atoms with Crippen molar-refractivity contribution in [1.29, 1.82) is 0 Å². The van der Waals surface area contributed by atoms with Crippen molar-refractivity contribution < 1.29 is 19.1 Å². The van der Waals surface area contributed by atoms with Crippen molar-refractivity contribution in [2.24, 2.45) is 5.92 Å². The Labute approximate surface area is 119 Å². The highest BCUT2D eigenvalue weighted by molar-refractivity contribution is 5.71. The lowest BCUT2D eigenvalue weighted by atomic mass is 10.1. The van der Waals surface area contributed by atoms with Gasteiger partial charge in [-0.15, -0.1) is 0 Å². The van der Waals surface area contributed by atoms with Gasteiger partial charge in [-0.25, -0.2) is 4.79 Å². The van der Waals surface area contributed by atoms with Crippen LogP contribution in [0.5, 0.6) is 0 Å². The predicted octanol–water partition coefficient (Wildman–Crippen LogP) is 2.50. The van der Waals surface area contributed by atoms with Gasteiger partial charge in [-0.1, -0.05) is 44.2 Å². The zero-order chi connectivity index (χ0) is 14.8. The molecule has 0 bridgehead atoms. The Balaban J connectivity index is 2.10. The molecule has 20 heavy (non-hydrogen) atoms. The largest absolute Gasteiger partial charge is 0.462 e. The maximum atomic E-state index is 11.4. The summed E-state index contributed by atoms with van der Waals surface area (Å²) in [6, 6.07) is 9.53. The lowest BCUT2D eigenvalue weighted by Gasteiger charge is -2.10. The van der Waals surface area contributed by atoms with Crippen LogP contribution in [0.15, 0.2) is 30.3 Å². The summed E-state index contributed by atoms with van der Waals surface area (Å²) in [5, 5.41) is 2.62. The molecule has 0 aromatic heterocycles. The minimum atomic E-state index is -0.520. The lowest BCUT2D eigenvalue weighted by molar-refractivity contribution is -0.149. The van der Waals surface area contributed by atoms with Gasteiger partial charge in [-0.05, 0) is 12.0 Å². The summed E-state index contributed by atoms with van der Waals surface area (Å²) in [7, 11) is 0. The fourth-order valence-electron chi connectivity index (χ4n) is 1.41. The van der Waals surface area contributed by atoms with E-state index in [4.69, 9.17) is 9.47 Å². The quantitative estimate of drug-likeness (QED) is 0.615. The van der Waals surface area contributed by atoms with E-state index in [0.717, 1.165) is 12.0 Å². The third-order valence-electron chi connectivity index (χ3n) is 2.86. The number of alkyl carbamates (subject to hydrolysis) is 1. The molecule has 1 aromatic rings. The number of hydrogen-bond acceptors (Lipinski definition) is 4. The van der Waals surface area contributed by atoms with Gasteiger partial charge in [0.15, 0.2) is 0 Å². The zero-order valence-electron chi connectivity index (χ0n) is 11.9. The molecule has 0 aliphatic rings. The molecule has 0 saturated carbocycles. The van der Waals surface area contributed by atoms with E-state index in [9.17, 15) is 9.59 Å². The van der Waals surface area contributed by atoms with E-state index >= 15 is 0 Å². The third kappa shape index (κ3) is 6.22. The van der Waals surface area contributed by atoms with Gasteiger partial charge in [0.25, 0.3) is 0 Å². The number of esters is 1. The van der Waals surface area contributed by atoms with Gasteiger partial charge in [0.05, 0.1) is 5.92 Å². The maximum absolute atomic E-state index is 11.4. The number of ether oxygens (including phenoxy) is 2. The lowest BCUT2D eigenvalue weighted by Crippen LogP contribution is -2.26. The molecule has 0 radical (unpaired) electrons. The minimum absolute atomic E-state index is 0.0583. The van der Waals surface area contributed by atoms with Crippen LogP contribution in [-0.2, 0) is 20.8 Å². The number of carbonyl (C=O) groups excluding carboxylic acids is 2. The van der Waals surface area contributed by atoms with Crippen LogP contribution in [0.2, 0.25) is 0 Å². The Morgan fingerprint density at radius 2 is 1.80 bits per heavy atom. The molecule has 0 aliphatic heterocycles. The van der Waals surface area contributed by atoms with Crippen molar-refractivity contribution in [3.8, 4) is 0 Å². The monoisotopic (exact) mass is 279 g/mol. The predicted molar refractivity (Wildman–Crippen MR) is 75.0 cm³/mol. The molecule has 0 saturated heterocycles. The van der Waals surface area contributed by atoms with Crippen LogP contribution >= 0.6 is 0 Å². The number of amides is 1. The van der Waals surface area contributed by atoms with E-state index < -0.39 is 6.09 Å². The summed E-state index contributed by atoms with van der Waals surface area (Å²) >= 11 is 0. The van der Waals surface area contributed by atoms with E-state index in [-0.39, 0.29) is 25.1 Å².